The standard InChI is InChI=1S/C36H11BF12O3/c38-13-10-16-20(9-8-17(39)23(16)19(41)11-13)50-37(51-21-3-1-2-14-24(21)29(43)34(48)33(47)28(14)42)52-36-15-6-4-12-5-7-18(40)26-22(12)25(15)27(31(45)30(26)44)32(46)35(36)49/h1-11H. The van der Waals surface area contributed by atoms with Crippen LogP contribution in [0.25, 0.3) is 53.9 Å². The zero-order chi connectivity index (χ0) is 36.9. The number of benzene rings is 8. The van der Waals surface area contributed by atoms with Gasteiger partial charge in [0.25, 0.3) is 0 Å². The van der Waals surface area contributed by atoms with Gasteiger partial charge in [-0.05, 0) is 41.8 Å². The van der Waals surface area contributed by atoms with Crippen molar-refractivity contribution >= 4 is 61.2 Å². The zero-order valence-corrected chi connectivity index (χ0v) is 25.2. The van der Waals surface area contributed by atoms with Crippen molar-refractivity contribution in [3.8, 4) is 17.2 Å². The van der Waals surface area contributed by atoms with Gasteiger partial charge in [0, 0.05) is 33.0 Å². The molecule has 0 fully saturated rings. The van der Waals surface area contributed by atoms with Gasteiger partial charge < -0.3 is 14.0 Å². The summed E-state index contributed by atoms with van der Waals surface area (Å²) in [5.74, 6) is -23.9. The van der Waals surface area contributed by atoms with Crippen LogP contribution in [-0.2, 0) is 0 Å². The minimum absolute atomic E-state index is 0.0539. The highest BCUT2D eigenvalue weighted by Crippen LogP contribution is 2.45. The van der Waals surface area contributed by atoms with Crippen molar-refractivity contribution in [3.05, 3.63) is 137 Å². The summed E-state index contributed by atoms with van der Waals surface area (Å²) in [6.45, 7) is 0. The van der Waals surface area contributed by atoms with Crippen LogP contribution in [0.3, 0.4) is 0 Å². The van der Waals surface area contributed by atoms with E-state index in [1.807, 2.05) is 0 Å². The Morgan fingerprint density at radius 3 is 1.75 bits per heavy atom. The maximum Gasteiger partial charge on any atom is 0.864 e. The Morgan fingerprint density at radius 2 is 0.981 bits per heavy atom. The molecule has 0 aliphatic rings. The van der Waals surface area contributed by atoms with E-state index in [1.165, 1.54) is 6.07 Å². The summed E-state index contributed by atoms with van der Waals surface area (Å²) in [5.41, 5.74) is 0. The molecular formula is C36H11BF12O3. The summed E-state index contributed by atoms with van der Waals surface area (Å²) in [5, 5.41) is -6.98. The van der Waals surface area contributed by atoms with E-state index in [0.29, 0.717) is 18.2 Å². The number of halogens is 12. The second kappa shape index (κ2) is 11.8. The molecule has 0 aliphatic carbocycles. The minimum Gasteiger partial charge on any atom is -0.489 e. The summed E-state index contributed by atoms with van der Waals surface area (Å²) in [6, 6.07) is 9.31. The van der Waals surface area contributed by atoms with Crippen molar-refractivity contribution in [2.24, 2.45) is 0 Å². The average Bonchev–Trinajstić information content (AvgIpc) is 3.11. The highest BCUT2D eigenvalue weighted by molar-refractivity contribution is 6.40. The Labute approximate surface area is 281 Å². The van der Waals surface area contributed by atoms with Crippen LogP contribution in [0.15, 0.2) is 66.7 Å². The maximum atomic E-state index is 16.0. The molecule has 0 saturated heterocycles. The first-order chi connectivity index (χ1) is 24.8. The summed E-state index contributed by atoms with van der Waals surface area (Å²) >= 11 is 0. The number of hydrogen-bond acceptors (Lipinski definition) is 3. The van der Waals surface area contributed by atoms with Crippen LogP contribution in [0, 0.1) is 69.8 Å². The summed E-state index contributed by atoms with van der Waals surface area (Å²) in [7, 11) is -2.60. The van der Waals surface area contributed by atoms with E-state index in [9.17, 15) is 30.7 Å². The third-order valence-electron chi connectivity index (χ3n) is 8.53. The first-order valence-electron chi connectivity index (χ1n) is 14.7. The van der Waals surface area contributed by atoms with Crippen LogP contribution in [0.5, 0.6) is 17.2 Å². The lowest BCUT2D eigenvalue weighted by Crippen LogP contribution is -2.37. The summed E-state index contributed by atoms with van der Waals surface area (Å²) < 4.78 is 196. The van der Waals surface area contributed by atoms with Crippen molar-refractivity contribution < 1.29 is 66.6 Å². The molecule has 3 nitrogen and oxygen atoms in total. The van der Waals surface area contributed by atoms with Crippen LogP contribution in [0.1, 0.15) is 0 Å². The van der Waals surface area contributed by atoms with E-state index in [4.69, 9.17) is 14.0 Å². The molecule has 0 atom stereocenters. The molecule has 8 rings (SSSR count). The highest BCUT2D eigenvalue weighted by Gasteiger charge is 2.37. The smallest absolute Gasteiger partial charge is 0.489 e. The lowest BCUT2D eigenvalue weighted by Gasteiger charge is -2.22. The first-order valence-corrected chi connectivity index (χ1v) is 14.7. The lowest BCUT2D eigenvalue weighted by atomic mass is 9.92. The quantitative estimate of drug-likeness (QED) is 0.0561. The van der Waals surface area contributed by atoms with Crippen LogP contribution >= 0.6 is 0 Å². The van der Waals surface area contributed by atoms with Gasteiger partial charge in [0.1, 0.15) is 34.8 Å². The van der Waals surface area contributed by atoms with E-state index in [1.54, 1.807) is 0 Å². The Kier molecular flexibility index (Phi) is 7.48. The van der Waals surface area contributed by atoms with E-state index < -0.39 is 143 Å². The summed E-state index contributed by atoms with van der Waals surface area (Å²) in [6.07, 6.45) is 0. The molecular weight excluding hydrogens is 719 g/mol. The molecule has 8 aromatic carbocycles. The topological polar surface area (TPSA) is 27.7 Å². The van der Waals surface area contributed by atoms with Crippen molar-refractivity contribution in [1.29, 1.82) is 0 Å². The van der Waals surface area contributed by atoms with Crippen LogP contribution < -0.4 is 14.0 Å². The summed E-state index contributed by atoms with van der Waals surface area (Å²) in [4.78, 5) is 0. The van der Waals surface area contributed by atoms with E-state index in [-0.39, 0.29) is 5.39 Å². The molecule has 0 bridgehead atoms. The van der Waals surface area contributed by atoms with Gasteiger partial charge in [-0.3, -0.25) is 0 Å². The Balaban J connectivity index is 1.38. The molecule has 260 valence electrons. The van der Waals surface area contributed by atoms with Gasteiger partial charge in [0.2, 0.25) is 0 Å². The Morgan fingerprint density at radius 1 is 0.365 bits per heavy atom. The normalized spacial score (nSPS) is 11.8. The van der Waals surface area contributed by atoms with Gasteiger partial charge in [0.15, 0.2) is 52.3 Å². The van der Waals surface area contributed by atoms with Crippen molar-refractivity contribution in [3.63, 3.8) is 0 Å². The van der Waals surface area contributed by atoms with Crippen LogP contribution in [0.2, 0.25) is 0 Å². The van der Waals surface area contributed by atoms with E-state index in [2.05, 4.69) is 0 Å². The van der Waals surface area contributed by atoms with Gasteiger partial charge in [-0.1, -0.05) is 24.3 Å². The van der Waals surface area contributed by atoms with Gasteiger partial charge in [-0.15, -0.1) is 0 Å². The number of rotatable bonds is 6. The molecule has 0 amide bonds. The predicted molar refractivity (Wildman–Crippen MR) is 165 cm³/mol. The Hall–Kier alpha value is -6.06. The highest BCUT2D eigenvalue weighted by atomic mass is 19.2. The van der Waals surface area contributed by atoms with Crippen molar-refractivity contribution in [2.45, 2.75) is 0 Å². The van der Waals surface area contributed by atoms with Gasteiger partial charge >= 0.3 is 7.32 Å². The number of hydrogen-bond donors (Lipinski definition) is 0. The monoisotopic (exact) mass is 730 g/mol. The predicted octanol–water partition coefficient (Wildman–Crippen LogP) is 11.1. The third-order valence-corrected chi connectivity index (χ3v) is 8.53. The maximum absolute atomic E-state index is 16.0. The molecule has 0 N–H and O–H groups in total. The molecule has 0 aliphatic heterocycles. The molecule has 16 heteroatoms. The third kappa shape index (κ3) is 4.73. The van der Waals surface area contributed by atoms with Gasteiger partial charge in [0.05, 0.1) is 21.5 Å². The molecule has 0 saturated carbocycles. The van der Waals surface area contributed by atoms with Gasteiger partial charge in [-0.2, -0.15) is 4.39 Å². The second-order valence-electron chi connectivity index (χ2n) is 11.4. The van der Waals surface area contributed by atoms with Crippen LogP contribution in [0.4, 0.5) is 52.7 Å². The molecule has 8 aromatic rings. The molecule has 52 heavy (non-hydrogen) atoms. The fraction of sp³-hybridized carbons (Fsp3) is 0. The van der Waals surface area contributed by atoms with E-state index in [0.717, 1.165) is 42.5 Å². The second-order valence-corrected chi connectivity index (χ2v) is 11.4. The fourth-order valence-electron chi connectivity index (χ4n) is 6.30. The average molecular weight is 730 g/mol. The number of fused-ring (bicyclic) bond motifs is 2. The fourth-order valence-corrected chi connectivity index (χ4v) is 6.30. The zero-order valence-electron chi connectivity index (χ0n) is 25.2. The van der Waals surface area contributed by atoms with Crippen LogP contribution in [-0.4, -0.2) is 7.32 Å². The minimum atomic E-state index is -2.60. The molecule has 0 radical (unpaired) electrons. The lowest BCUT2D eigenvalue weighted by molar-refractivity contribution is 0.301. The van der Waals surface area contributed by atoms with Crippen molar-refractivity contribution in [2.75, 3.05) is 0 Å². The van der Waals surface area contributed by atoms with Crippen molar-refractivity contribution in [1.82, 2.24) is 0 Å². The molecule has 0 aromatic heterocycles. The molecule has 0 unspecified atom stereocenters. The first kappa shape index (κ1) is 33.1. The SMILES string of the molecule is Fc1cc(F)c2c(F)ccc(OB(Oc3c(F)c(F)c4c(F)c(F)c5c(F)ccc6ccc3c4c65)Oc3cccc4c(F)c(F)c(F)c(F)c34)c2c1. The molecule has 0 heterocycles. The van der Waals surface area contributed by atoms with E-state index >= 15 is 22.0 Å². The van der Waals surface area contributed by atoms with Gasteiger partial charge in [-0.25, -0.2) is 48.3 Å². The Bertz CT molecular complexity index is 2830. The molecule has 0 spiro atoms. The largest absolute Gasteiger partial charge is 0.864 e.